The Morgan fingerprint density at radius 3 is 2.66 bits per heavy atom. The fourth-order valence-corrected chi connectivity index (χ4v) is 4.75. The number of rotatable bonds is 6. The van der Waals surface area contributed by atoms with Gasteiger partial charge < -0.3 is 9.30 Å². The average molecular weight is 534 g/mol. The number of amides is 2. The molecule has 1 fully saturated rings. The van der Waals surface area contributed by atoms with E-state index in [9.17, 15) is 14.4 Å². The zero-order valence-electron chi connectivity index (χ0n) is 17.0. The zero-order valence-corrected chi connectivity index (χ0v) is 20.2. The number of halogens is 2. The molecule has 32 heavy (non-hydrogen) atoms. The molecule has 0 saturated carbocycles. The van der Waals surface area contributed by atoms with Crippen molar-refractivity contribution in [1.82, 2.24) is 9.47 Å². The van der Waals surface area contributed by atoms with Gasteiger partial charge in [0.2, 0.25) is 0 Å². The van der Waals surface area contributed by atoms with Crippen molar-refractivity contribution in [2.24, 2.45) is 0 Å². The first-order chi connectivity index (χ1) is 15.4. The second-order valence-corrected chi connectivity index (χ2v) is 9.42. The highest BCUT2D eigenvalue weighted by Crippen LogP contribution is 2.35. The molecule has 2 heterocycles. The lowest BCUT2D eigenvalue weighted by molar-refractivity contribution is -0.143. The van der Waals surface area contributed by atoms with Crippen LogP contribution >= 0.6 is 39.3 Å². The quantitative estimate of drug-likeness (QED) is 0.293. The van der Waals surface area contributed by atoms with E-state index in [1.807, 2.05) is 18.2 Å². The Balaban J connectivity index is 1.65. The standard InChI is InChI=1S/C23H18BrClN2O4S/c1-2-31-21(28)13-26-12-15(18-10-16(24)5-8-19(18)26)9-20-22(29)27(23(30)32-20)11-14-3-6-17(25)7-4-14/h3-10,12H,2,11,13H2,1H3/b20-9-. The van der Waals surface area contributed by atoms with Crippen LogP contribution in [0.4, 0.5) is 4.79 Å². The molecule has 9 heteroatoms. The molecule has 0 N–H and O–H groups in total. The molecule has 2 amide bonds. The number of imide groups is 1. The SMILES string of the molecule is CCOC(=O)Cn1cc(/C=C2\SC(=O)N(Cc3ccc(Cl)cc3)C2=O)c2cc(Br)ccc21. The fourth-order valence-electron chi connectivity index (χ4n) is 3.44. The maximum absolute atomic E-state index is 13.0. The maximum atomic E-state index is 13.0. The highest BCUT2D eigenvalue weighted by molar-refractivity contribution is 9.10. The third-order valence-corrected chi connectivity index (χ3v) is 6.55. The summed E-state index contributed by atoms with van der Waals surface area (Å²) in [4.78, 5) is 39.1. The van der Waals surface area contributed by atoms with Gasteiger partial charge >= 0.3 is 5.97 Å². The van der Waals surface area contributed by atoms with Gasteiger partial charge in [-0.3, -0.25) is 19.3 Å². The number of ether oxygens (including phenoxy) is 1. The first-order valence-corrected chi connectivity index (χ1v) is 11.8. The van der Waals surface area contributed by atoms with Crippen LogP contribution in [0.25, 0.3) is 17.0 Å². The molecule has 4 rings (SSSR count). The van der Waals surface area contributed by atoms with Crippen LogP contribution in [0, 0.1) is 0 Å². The summed E-state index contributed by atoms with van der Waals surface area (Å²) in [6.45, 7) is 2.29. The van der Waals surface area contributed by atoms with Crippen LogP contribution in [0.1, 0.15) is 18.1 Å². The lowest BCUT2D eigenvalue weighted by Crippen LogP contribution is -2.27. The van der Waals surface area contributed by atoms with Crippen LogP contribution in [0.3, 0.4) is 0 Å². The molecule has 2 aromatic carbocycles. The van der Waals surface area contributed by atoms with E-state index >= 15 is 0 Å². The number of benzene rings is 2. The molecule has 0 bridgehead atoms. The summed E-state index contributed by atoms with van der Waals surface area (Å²) in [6.07, 6.45) is 3.49. The Morgan fingerprint density at radius 2 is 1.94 bits per heavy atom. The Kier molecular flexibility index (Phi) is 6.74. The minimum atomic E-state index is -0.351. The average Bonchev–Trinajstić information content (AvgIpc) is 3.21. The Morgan fingerprint density at radius 1 is 1.19 bits per heavy atom. The Labute approximate surface area is 202 Å². The Bertz CT molecular complexity index is 1250. The fraction of sp³-hybridized carbons (Fsp3) is 0.174. The molecule has 164 valence electrons. The van der Waals surface area contributed by atoms with Gasteiger partial charge in [-0.05, 0) is 60.7 Å². The molecule has 0 aliphatic carbocycles. The monoisotopic (exact) mass is 532 g/mol. The summed E-state index contributed by atoms with van der Waals surface area (Å²) in [5.74, 6) is -0.696. The van der Waals surface area contributed by atoms with Gasteiger partial charge in [-0.2, -0.15) is 0 Å². The number of esters is 1. The minimum absolute atomic E-state index is 0.0534. The van der Waals surface area contributed by atoms with Crippen molar-refractivity contribution in [2.45, 2.75) is 20.0 Å². The highest BCUT2D eigenvalue weighted by atomic mass is 79.9. The van der Waals surface area contributed by atoms with Crippen molar-refractivity contribution in [1.29, 1.82) is 0 Å². The molecule has 1 aromatic heterocycles. The van der Waals surface area contributed by atoms with E-state index in [-0.39, 0.29) is 30.2 Å². The van der Waals surface area contributed by atoms with Gasteiger partial charge in [-0.25, -0.2) is 0 Å². The molecular weight excluding hydrogens is 516 g/mol. The van der Waals surface area contributed by atoms with Crippen LogP contribution < -0.4 is 0 Å². The predicted octanol–water partition coefficient (Wildman–Crippen LogP) is 5.86. The molecule has 0 atom stereocenters. The molecule has 1 saturated heterocycles. The molecule has 1 aliphatic rings. The summed E-state index contributed by atoms with van der Waals surface area (Å²) in [6, 6.07) is 12.7. The van der Waals surface area contributed by atoms with Gasteiger partial charge in [-0.15, -0.1) is 0 Å². The minimum Gasteiger partial charge on any atom is -0.465 e. The van der Waals surface area contributed by atoms with E-state index < -0.39 is 0 Å². The van der Waals surface area contributed by atoms with Crippen LogP contribution in [-0.2, 0) is 27.4 Å². The zero-order chi connectivity index (χ0) is 22.8. The topological polar surface area (TPSA) is 68.6 Å². The van der Waals surface area contributed by atoms with Crippen LogP contribution in [0.15, 0.2) is 58.0 Å². The molecular formula is C23H18BrClN2O4S. The van der Waals surface area contributed by atoms with E-state index in [1.165, 1.54) is 4.90 Å². The summed E-state index contributed by atoms with van der Waals surface area (Å²) in [5, 5.41) is 1.12. The normalized spacial score (nSPS) is 15.2. The number of hydrogen-bond donors (Lipinski definition) is 0. The van der Waals surface area contributed by atoms with Crippen LogP contribution in [0.5, 0.6) is 0 Å². The molecule has 0 unspecified atom stereocenters. The lowest BCUT2D eigenvalue weighted by Gasteiger charge is -2.12. The number of aromatic nitrogens is 1. The summed E-state index contributed by atoms with van der Waals surface area (Å²) in [7, 11) is 0. The number of hydrogen-bond acceptors (Lipinski definition) is 5. The second-order valence-electron chi connectivity index (χ2n) is 7.07. The van der Waals surface area contributed by atoms with Crippen molar-refractivity contribution in [3.63, 3.8) is 0 Å². The van der Waals surface area contributed by atoms with E-state index in [0.29, 0.717) is 16.5 Å². The summed E-state index contributed by atoms with van der Waals surface area (Å²) >= 11 is 10.3. The van der Waals surface area contributed by atoms with Crippen LogP contribution in [0.2, 0.25) is 5.02 Å². The summed E-state index contributed by atoms with van der Waals surface area (Å²) in [5.41, 5.74) is 2.38. The van der Waals surface area contributed by atoms with Crippen molar-refractivity contribution in [3.05, 3.63) is 74.2 Å². The van der Waals surface area contributed by atoms with Crippen molar-refractivity contribution < 1.29 is 19.1 Å². The second kappa shape index (κ2) is 9.52. The molecule has 3 aromatic rings. The smallest absolute Gasteiger partial charge is 0.325 e. The van der Waals surface area contributed by atoms with Crippen LogP contribution in [-0.4, -0.2) is 33.2 Å². The lowest BCUT2D eigenvalue weighted by atomic mass is 10.1. The highest BCUT2D eigenvalue weighted by Gasteiger charge is 2.35. The predicted molar refractivity (Wildman–Crippen MR) is 129 cm³/mol. The first kappa shape index (κ1) is 22.6. The number of nitrogens with zero attached hydrogens (tertiary/aromatic N) is 2. The Hall–Kier alpha value is -2.55. The van der Waals surface area contributed by atoms with Gasteiger partial charge in [0, 0.05) is 32.2 Å². The number of fused-ring (bicyclic) bond motifs is 1. The van der Waals surface area contributed by atoms with Gasteiger partial charge in [0.25, 0.3) is 11.1 Å². The summed E-state index contributed by atoms with van der Waals surface area (Å²) < 4.78 is 7.71. The van der Waals surface area contributed by atoms with Gasteiger partial charge in [0.05, 0.1) is 18.1 Å². The maximum Gasteiger partial charge on any atom is 0.325 e. The largest absolute Gasteiger partial charge is 0.465 e. The van der Waals surface area contributed by atoms with E-state index in [2.05, 4.69) is 15.9 Å². The third-order valence-electron chi connectivity index (χ3n) is 4.89. The van der Waals surface area contributed by atoms with Crippen molar-refractivity contribution >= 4 is 73.4 Å². The molecule has 0 radical (unpaired) electrons. The van der Waals surface area contributed by atoms with Crippen molar-refractivity contribution in [2.75, 3.05) is 6.61 Å². The van der Waals surface area contributed by atoms with Gasteiger partial charge in [0.1, 0.15) is 6.54 Å². The van der Waals surface area contributed by atoms with E-state index in [4.69, 9.17) is 16.3 Å². The van der Waals surface area contributed by atoms with E-state index in [0.717, 1.165) is 38.3 Å². The first-order valence-electron chi connectivity index (χ1n) is 9.79. The molecule has 6 nitrogen and oxygen atoms in total. The third kappa shape index (κ3) is 4.77. The number of carbonyl (C=O) groups is 3. The van der Waals surface area contributed by atoms with Gasteiger partial charge in [0.15, 0.2) is 0 Å². The van der Waals surface area contributed by atoms with Gasteiger partial charge in [-0.1, -0.05) is 39.7 Å². The van der Waals surface area contributed by atoms with E-state index in [1.54, 1.807) is 48.0 Å². The molecule has 0 spiro atoms. The molecule has 1 aliphatic heterocycles. The number of thioether (sulfide) groups is 1. The number of carbonyl (C=O) groups excluding carboxylic acids is 3. The van der Waals surface area contributed by atoms with Crippen molar-refractivity contribution in [3.8, 4) is 0 Å².